The van der Waals surface area contributed by atoms with Crippen LogP contribution in [0.15, 0.2) is 18.2 Å². The molecular weight excluding hydrogens is 425 g/mol. The maximum Gasteiger partial charge on any atom is 0.416 e. The van der Waals surface area contributed by atoms with Crippen molar-refractivity contribution >= 4 is 22.6 Å². The van der Waals surface area contributed by atoms with E-state index >= 15 is 0 Å². The third-order valence-electron chi connectivity index (χ3n) is 2.90. The van der Waals surface area contributed by atoms with Crippen LogP contribution in [0.2, 0.25) is 0 Å². The van der Waals surface area contributed by atoms with Crippen LogP contribution in [0.5, 0.6) is 0 Å². The van der Waals surface area contributed by atoms with Gasteiger partial charge in [-0.25, -0.2) is 0 Å². The number of hydrogen-bond acceptors (Lipinski definition) is 2. The molecule has 1 aromatic carbocycles. The highest BCUT2D eigenvalue weighted by Crippen LogP contribution is 2.36. The molecule has 1 aromatic rings. The number of alkyl halides is 7. The molecule has 0 radical (unpaired) electrons. The first-order valence-electron chi connectivity index (χ1n) is 6.34. The lowest BCUT2D eigenvalue weighted by Crippen LogP contribution is -2.31. The first kappa shape index (κ1) is 19.5. The number of halogens is 7. The van der Waals surface area contributed by atoms with E-state index < -0.39 is 23.5 Å². The molecule has 0 amide bonds. The van der Waals surface area contributed by atoms with E-state index in [4.69, 9.17) is 5.73 Å². The molecular formula is C13H15F6IN2. The number of nitrogens with zero attached hydrogens (tertiary/aromatic N) is 1. The van der Waals surface area contributed by atoms with E-state index in [0.717, 1.165) is 12.1 Å². The fourth-order valence-corrected chi connectivity index (χ4v) is 2.62. The molecule has 0 aliphatic carbocycles. The predicted octanol–water partition coefficient (Wildman–Crippen LogP) is 3.92. The lowest BCUT2D eigenvalue weighted by molar-refractivity contribution is -0.143. The maximum atomic E-state index is 12.8. The van der Waals surface area contributed by atoms with Gasteiger partial charge in [0.2, 0.25) is 0 Å². The minimum atomic E-state index is -4.82. The molecule has 1 rings (SSSR count). The quantitative estimate of drug-likeness (QED) is 0.413. The largest absolute Gasteiger partial charge is 0.416 e. The van der Waals surface area contributed by atoms with Crippen LogP contribution < -0.4 is 5.73 Å². The summed E-state index contributed by atoms with van der Waals surface area (Å²) in [5.74, 6) is 0. The average molecular weight is 440 g/mol. The summed E-state index contributed by atoms with van der Waals surface area (Å²) >= 11 is 2.08. The maximum absolute atomic E-state index is 12.8. The van der Waals surface area contributed by atoms with Crippen LogP contribution >= 0.6 is 22.6 Å². The van der Waals surface area contributed by atoms with Crippen molar-refractivity contribution in [1.82, 2.24) is 4.90 Å². The van der Waals surface area contributed by atoms with E-state index in [1.54, 1.807) is 4.90 Å². The molecule has 0 aromatic heterocycles. The zero-order valence-corrected chi connectivity index (χ0v) is 13.6. The molecule has 0 saturated carbocycles. The van der Waals surface area contributed by atoms with Crippen molar-refractivity contribution in [3.63, 3.8) is 0 Å². The van der Waals surface area contributed by atoms with Crippen molar-refractivity contribution < 1.29 is 26.3 Å². The van der Waals surface area contributed by atoms with Crippen LogP contribution in [0.3, 0.4) is 0 Å². The van der Waals surface area contributed by atoms with Gasteiger partial charge < -0.3 is 5.73 Å². The van der Waals surface area contributed by atoms with Gasteiger partial charge >= 0.3 is 12.4 Å². The average Bonchev–Trinajstić information content (AvgIpc) is 2.37. The van der Waals surface area contributed by atoms with Gasteiger partial charge in [0.25, 0.3) is 0 Å². The molecule has 0 atom stereocenters. The van der Waals surface area contributed by atoms with Gasteiger partial charge in [-0.1, -0.05) is 22.6 Å². The van der Waals surface area contributed by atoms with Gasteiger partial charge in [-0.05, 0) is 23.8 Å². The highest BCUT2D eigenvalue weighted by atomic mass is 127. The SMILES string of the molecule is NCCN(CCI)Cc1cc(C(F)(F)F)cc(C(F)(F)F)c1. The number of rotatable bonds is 6. The zero-order valence-electron chi connectivity index (χ0n) is 11.4. The molecule has 0 saturated heterocycles. The molecule has 0 unspecified atom stereocenters. The first-order valence-corrected chi connectivity index (χ1v) is 7.87. The second-order valence-corrected chi connectivity index (χ2v) is 5.75. The van der Waals surface area contributed by atoms with Crippen LogP contribution in [0.25, 0.3) is 0 Å². The van der Waals surface area contributed by atoms with Crippen LogP contribution in [0, 0.1) is 0 Å². The van der Waals surface area contributed by atoms with Gasteiger partial charge in [0.05, 0.1) is 11.1 Å². The third-order valence-corrected chi connectivity index (χ3v) is 3.38. The summed E-state index contributed by atoms with van der Waals surface area (Å²) in [5.41, 5.74) is 2.80. The Morgan fingerprint density at radius 1 is 0.909 bits per heavy atom. The molecule has 9 heteroatoms. The van der Waals surface area contributed by atoms with Gasteiger partial charge in [0.1, 0.15) is 0 Å². The smallest absolute Gasteiger partial charge is 0.329 e. The van der Waals surface area contributed by atoms with E-state index in [2.05, 4.69) is 22.6 Å². The molecule has 0 aliphatic heterocycles. The summed E-state index contributed by atoms with van der Waals surface area (Å²) < 4.78 is 77.3. The Bertz CT molecular complexity index is 448. The van der Waals surface area contributed by atoms with Crippen molar-refractivity contribution in [3.05, 3.63) is 34.9 Å². The topological polar surface area (TPSA) is 29.3 Å². The molecule has 0 fully saturated rings. The van der Waals surface area contributed by atoms with Gasteiger partial charge in [-0.3, -0.25) is 4.90 Å². The summed E-state index contributed by atoms with van der Waals surface area (Å²) in [4.78, 5) is 1.72. The fraction of sp³-hybridized carbons (Fsp3) is 0.538. The highest BCUT2D eigenvalue weighted by molar-refractivity contribution is 14.1. The second kappa shape index (κ2) is 7.82. The van der Waals surface area contributed by atoms with Gasteiger partial charge in [0.15, 0.2) is 0 Å². The van der Waals surface area contributed by atoms with E-state index in [1.807, 2.05) is 0 Å². The standard InChI is InChI=1S/C13H15F6IN2/c14-12(15,16)10-5-9(6-11(7-10)13(17,18)19)8-22(3-1-20)4-2-21/h5-7H,1-4,8,21H2. The number of nitrogens with two attached hydrogens (primary N) is 1. The third kappa shape index (κ3) is 5.92. The predicted molar refractivity (Wildman–Crippen MR) is 79.7 cm³/mol. The summed E-state index contributed by atoms with van der Waals surface area (Å²) in [7, 11) is 0. The normalized spacial score (nSPS) is 13.0. The van der Waals surface area contributed by atoms with Crippen molar-refractivity contribution in [1.29, 1.82) is 0 Å². The molecule has 0 heterocycles. The highest BCUT2D eigenvalue weighted by Gasteiger charge is 2.36. The number of hydrogen-bond donors (Lipinski definition) is 1. The molecule has 0 aliphatic rings. The lowest BCUT2D eigenvalue weighted by Gasteiger charge is -2.22. The summed E-state index contributed by atoms with van der Waals surface area (Å²) in [6.07, 6.45) is -9.64. The van der Waals surface area contributed by atoms with Crippen molar-refractivity contribution in [3.8, 4) is 0 Å². The Morgan fingerprint density at radius 2 is 1.41 bits per heavy atom. The Labute approximate surface area is 137 Å². The van der Waals surface area contributed by atoms with E-state index in [1.165, 1.54) is 0 Å². The Kier molecular flexibility index (Phi) is 6.93. The van der Waals surface area contributed by atoms with Crippen LogP contribution in [0.4, 0.5) is 26.3 Å². The molecule has 22 heavy (non-hydrogen) atoms. The summed E-state index contributed by atoms with van der Waals surface area (Å²) in [6, 6.07) is 1.65. The molecule has 0 bridgehead atoms. The molecule has 2 N–H and O–H groups in total. The Hall–Kier alpha value is -0.550. The van der Waals surface area contributed by atoms with E-state index in [0.29, 0.717) is 17.5 Å². The van der Waals surface area contributed by atoms with Crippen LogP contribution in [-0.2, 0) is 18.9 Å². The molecule has 0 spiro atoms. The fourth-order valence-electron chi connectivity index (χ4n) is 1.94. The van der Waals surface area contributed by atoms with E-state index in [9.17, 15) is 26.3 Å². The molecule has 126 valence electrons. The minimum Gasteiger partial charge on any atom is -0.329 e. The van der Waals surface area contributed by atoms with E-state index in [-0.39, 0.29) is 24.7 Å². The van der Waals surface area contributed by atoms with Crippen molar-refractivity contribution in [2.45, 2.75) is 18.9 Å². The summed E-state index contributed by atoms with van der Waals surface area (Å²) in [5, 5.41) is 0. The Balaban J connectivity index is 3.17. The lowest BCUT2D eigenvalue weighted by atomic mass is 10.0. The molecule has 2 nitrogen and oxygen atoms in total. The van der Waals surface area contributed by atoms with Gasteiger partial charge in [-0.15, -0.1) is 0 Å². The second-order valence-electron chi connectivity index (χ2n) is 4.67. The van der Waals surface area contributed by atoms with Gasteiger partial charge in [0, 0.05) is 30.6 Å². The number of benzene rings is 1. The van der Waals surface area contributed by atoms with Gasteiger partial charge in [-0.2, -0.15) is 26.3 Å². The van der Waals surface area contributed by atoms with Crippen molar-refractivity contribution in [2.75, 3.05) is 24.1 Å². The Morgan fingerprint density at radius 3 is 1.77 bits per heavy atom. The monoisotopic (exact) mass is 440 g/mol. The van der Waals surface area contributed by atoms with Crippen LogP contribution in [0.1, 0.15) is 16.7 Å². The summed E-state index contributed by atoms with van der Waals surface area (Å²) in [6.45, 7) is 1.21. The zero-order chi connectivity index (χ0) is 17.0. The first-order chi connectivity index (χ1) is 10.1. The van der Waals surface area contributed by atoms with Crippen LogP contribution in [-0.4, -0.2) is 29.0 Å². The van der Waals surface area contributed by atoms with Crippen molar-refractivity contribution in [2.24, 2.45) is 5.73 Å². The minimum absolute atomic E-state index is 0.00674.